The highest BCUT2D eigenvalue weighted by Gasteiger charge is 2.24. The summed E-state index contributed by atoms with van der Waals surface area (Å²) in [5.74, 6) is 1.10. The molecule has 1 saturated heterocycles. The van der Waals surface area contributed by atoms with E-state index in [-0.39, 0.29) is 5.91 Å². The van der Waals surface area contributed by atoms with E-state index in [0.717, 1.165) is 48.5 Å². The fourth-order valence-corrected chi connectivity index (χ4v) is 3.34. The largest absolute Gasteiger partial charge is 0.353 e. The number of hydrogen-bond donors (Lipinski definition) is 0. The Balaban J connectivity index is 1.52. The zero-order valence-corrected chi connectivity index (χ0v) is 13.7. The molecule has 1 fully saturated rings. The molecule has 0 radical (unpaired) electrons. The van der Waals surface area contributed by atoms with Crippen LogP contribution < -0.4 is 4.90 Å². The first-order valence-corrected chi connectivity index (χ1v) is 8.23. The van der Waals surface area contributed by atoms with Crippen molar-refractivity contribution in [2.24, 2.45) is 7.05 Å². The van der Waals surface area contributed by atoms with Crippen molar-refractivity contribution in [3.63, 3.8) is 0 Å². The number of pyridine rings is 1. The second-order valence-corrected chi connectivity index (χ2v) is 6.13. The van der Waals surface area contributed by atoms with Crippen LogP contribution >= 0.6 is 0 Å². The molecule has 1 amide bonds. The lowest BCUT2D eigenvalue weighted by molar-refractivity contribution is 0.0748. The van der Waals surface area contributed by atoms with Crippen LogP contribution in [0.25, 0.3) is 10.9 Å². The van der Waals surface area contributed by atoms with Gasteiger partial charge in [0.2, 0.25) is 0 Å². The van der Waals surface area contributed by atoms with Gasteiger partial charge in [-0.15, -0.1) is 0 Å². The van der Waals surface area contributed by atoms with Crippen LogP contribution in [0, 0.1) is 0 Å². The molecule has 3 heterocycles. The number of aromatic nitrogens is 2. The second kappa shape index (κ2) is 6.00. The lowest BCUT2D eigenvalue weighted by Crippen LogP contribution is -2.49. The van der Waals surface area contributed by atoms with Gasteiger partial charge in [-0.05, 0) is 30.3 Å². The first-order chi connectivity index (χ1) is 11.7. The number of aryl methyl sites for hydroxylation is 1. The summed E-state index contributed by atoms with van der Waals surface area (Å²) in [6, 6.07) is 13.9. The van der Waals surface area contributed by atoms with E-state index in [0.29, 0.717) is 0 Å². The van der Waals surface area contributed by atoms with Gasteiger partial charge in [0.05, 0.1) is 0 Å². The summed E-state index contributed by atoms with van der Waals surface area (Å²) >= 11 is 0. The Morgan fingerprint density at radius 3 is 2.58 bits per heavy atom. The minimum Gasteiger partial charge on any atom is -0.353 e. The number of amides is 1. The van der Waals surface area contributed by atoms with E-state index >= 15 is 0 Å². The van der Waals surface area contributed by atoms with Gasteiger partial charge in [-0.25, -0.2) is 4.98 Å². The monoisotopic (exact) mass is 320 g/mol. The minimum atomic E-state index is 0.118. The van der Waals surface area contributed by atoms with Crippen molar-refractivity contribution in [3.8, 4) is 0 Å². The van der Waals surface area contributed by atoms with Crippen LogP contribution in [0.5, 0.6) is 0 Å². The fraction of sp³-hybridized carbons (Fsp3) is 0.263. The molecular formula is C19H20N4O. The summed E-state index contributed by atoms with van der Waals surface area (Å²) in [4.78, 5) is 21.5. The Hall–Kier alpha value is -2.82. The van der Waals surface area contributed by atoms with Gasteiger partial charge in [0.15, 0.2) is 0 Å². The quantitative estimate of drug-likeness (QED) is 0.728. The number of fused-ring (bicyclic) bond motifs is 1. The molecule has 0 spiro atoms. The molecule has 0 unspecified atom stereocenters. The Morgan fingerprint density at radius 2 is 1.83 bits per heavy atom. The van der Waals surface area contributed by atoms with Crippen molar-refractivity contribution in [1.82, 2.24) is 14.5 Å². The zero-order chi connectivity index (χ0) is 16.5. The predicted molar refractivity (Wildman–Crippen MR) is 95.3 cm³/mol. The first-order valence-electron chi connectivity index (χ1n) is 8.23. The number of carbonyl (C=O) groups is 1. The molecule has 24 heavy (non-hydrogen) atoms. The van der Waals surface area contributed by atoms with Crippen LogP contribution in [0.2, 0.25) is 0 Å². The van der Waals surface area contributed by atoms with Gasteiger partial charge in [0.25, 0.3) is 5.91 Å². The summed E-state index contributed by atoms with van der Waals surface area (Å²) in [6.45, 7) is 3.07. The molecule has 122 valence electrons. The maximum absolute atomic E-state index is 12.9. The molecule has 1 aromatic carbocycles. The Bertz CT molecular complexity index is 863. The van der Waals surface area contributed by atoms with E-state index in [1.807, 2.05) is 71.4 Å². The van der Waals surface area contributed by atoms with Crippen LogP contribution in [0.15, 0.2) is 54.9 Å². The van der Waals surface area contributed by atoms with Gasteiger partial charge in [-0.3, -0.25) is 4.79 Å². The molecule has 5 heteroatoms. The van der Waals surface area contributed by atoms with Crippen LogP contribution in [-0.2, 0) is 7.05 Å². The normalized spacial score (nSPS) is 15.0. The van der Waals surface area contributed by atoms with Crippen molar-refractivity contribution < 1.29 is 4.79 Å². The third-order valence-corrected chi connectivity index (χ3v) is 4.70. The molecular weight excluding hydrogens is 300 g/mol. The molecule has 0 aliphatic carbocycles. The number of carbonyl (C=O) groups excluding carboxylic acids is 1. The number of anilines is 1. The van der Waals surface area contributed by atoms with Gasteiger partial charge in [-0.2, -0.15) is 0 Å². The number of rotatable bonds is 2. The van der Waals surface area contributed by atoms with Crippen molar-refractivity contribution in [3.05, 3.63) is 60.4 Å². The van der Waals surface area contributed by atoms with Crippen LogP contribution in [-0.4, -0.2) is 46.5 Å². The third-order valence-electron chi connectivity index (χ3n) is 4.70. The van der Waals surface area contributed by atoms with Gasteiger partial charge in [0.1, 0.15) is 5.82 Å². The van der Waals surface area contributed by atoms with E-state index in [1.54, 1.807) is 0 Å². The Morgan fingerprint density at radius 1 is 1.00 bits per heavy atom. The summed E-state index contributed by atoms with van der Waals surface area (Å²) in [7, 11) is 2.00. The van der Waals surface area contributed by atoms with Crippen molar-refractivity contribution in [2.45, 2.75) is 0 Å². The van der Waals surface area contributed by atoms with Crippen LogP contribution in [0.3, 0.4) is 0 Å². The number of piperazine rings is 1. The molecule has 0 saturated carbocycles. The Kier molecular flexibility index (Phi) is 3.69. The molecule has 0 N–H and O–H groups in total. The summed E-state index contributed by atoms with van der Waals surface area (Å²) in [5.41, 5.74) is 1.88. The molecule has 4 rings (SSSR count). The predicted octanol–water partition coefficient (Wildman–Crippen LogP) is 2.54. The number of hydrogen-bond acceptors (Lipinski definition) is 3. The van der Waals surface area contributed by atoms with Crippen LogP contribution in [0.1, 0.15) is 10.4 Å². The topological polar surface area (TPSA) is 41.4 Å². The van der Waals surface area contributed by atoms with E-state index < -0.39 is 0 Å². The zero-order valence-electron chi connectivity index (χ0n) is 13.7. The summed E-state index contributed by atoms with van der Waals surface area (Å²) < 4.78 is 2.05. The molecule has 1 aliphatic heterocycles. The molecule has 3 aromatic rings. The summed E-state index contributed by atoms with van der Waals surface area (Å²) in [6.07, 6.45) is 3.81. The van der Waals surface area contributed by atoms with Gasteiger partial charge in [-0.1, -0.05) is 12.1 Å². The fourth-order valence-electron chi connectivity index (χ4n) is 3.34. The smallest absolute Gasteiger partial charge is 0.254 e. The maximum atomic E-state index is 12.9. The maximum Gasteiger partial charge on any atom is 0.254 e. The highest BCUT2D eigenvalue weighted by atomic mass is 16.2. The van der Waals surface area contributed by atoms with Gasteiger partial charge < -0.3 is 14.4 Å². The lowest BCUT2D eigenvalue weighted by atomic mass is 10.1. The van der Waals surface area contributed by atoms with Gasteiger partial charge in [0, 0.05) is 62.1 Å². The molecule has 2 aromatic heterocycles. The number of nitrogens with zero attached hydrogens (tertiary/aromatic N) is 4. The molecule has 0 bridgehead atoms. The lowest BCUT2D eigenvalue weighted by Gasteiger charge is -2.35. The Labute approximate surface area is 141 Å². The minimum absolute atomic E-state index is 0.118. The SMILES string of the molecule is Cn1ccc2c(C(=O)N3CCN(c4ccccn4)CC3)cccc21. The first kappa shape index (κ1) is 14.8. The van der Waals surface area contributed by atoms with Crippen molar-refractivity contribution in [1.29, 1.82) is 0 Å². The van der Waals surface area contributed by atoms with Crippen molar-refractivity contribution >= 4 is 22.6 Å². The van der Waals surface area contributed by atoms with E-state index in [1.165, 1.54) is 0 Å². The molecule has 1 aliphatic rings. The summed E-state index contributed by atoms with van der Waals surface area (Å²) in [5, 5.41) is 1.03. The van der Waals surface area contributed by atoms with Gasteiger partial charge >= 0.3 is 0 Å². The van der Waals surface area contributed by atoms with Crippen LogP contribution in [0.4, 0.5) is 5.82 Å². The van der Waals surface area contributed by atoms with E-state index in [2.05, 4.69) is 9.88 Å². The molecule has 0 atom stereocenters. The third kappa shape index (κ3) is 2.52. The van der Waals surface area contributed by atoms with Crippen molar-refractivity contribution in [2.75, 3.05) is 31.1 Å². The molecule has 5 nitrogen and oxygen atoms in total. The highest BCUT2D eigenvalue weighted by molar-refractivity contribution is 6.06. The average molecular weight is 320 g/mol. The average Bonchev–Trinajstić information content (AvgIpc) is 3.03. The number of benzene rings is 1. The van der Waals surface area contributed by atoms with E-state index in [9.17, 15) is 4.79 Å². The second-order valence-electron chi connectivity index (χ2n) is 6.13. The van der Waals surface area contributed by atoms with E-state index in [4.69, 9.17) is 0 Å². The highest BCUT2D eigenvalue weighted by Crippen LogP contribution is 2.22. The standard InChI is InChI=1S/C19H20N4O/c1-21-10-8-15-16(5-4-6-17(15)21)19(24)23-13-11-22(12-14-23)18-7-2-3-9-20-18/h2-10H,11-14H2,1H3.